The van der Waals surface area contributed by atoms with Crippen molar-refractivity contribution in [2.45, 2.75) is 0 Å². The van der Waals surface area contributed by atoms with Crippen LogP contribution in [0, 0.1) is 0 Å². The van der Waals surface area contributed by atoms with Gasteiger partial charge in [0, 0.05) is 11.6 Å². The molecule has 0 aliphatic carbocycles. The van der Waals surface area contributed by atoms with Crippen LogP contribution < -0.4 is 18.9 Å². The van der Waals surface area contributed by atoms with Crippen molar-refractivity contribution in [2.24, 2.45) is 4.99 Å². The number of methoxy groups -OCH3 is 4. The Bertz CT molecular complexity index is 932. The zero-order valence-electron chi connectivity index (χ0n) is 15.4. The third kappa shape index (κ3) is 3.72. The highest BCUT2D eigenvalue weighted by molar-refractivity contribution is 6.14. The third-order valence-electron chi connectivity index (χ3n) is 3.99. The van der Waals surface area contributed by atoms with Crippen LogP contribution in [0.5, 0.6) is 23.0 Å². The summed E-state index contributed by atoms with van der Waals surface area (Å²) in [5.41, 5.74) is 1.35. The van der Waals surface area contributed by atoms with Crippen molar-refractivity contribution in [3.63, 3.8) is 0 Å². The lowest BCUT2D eigenvalue weighted by molar-refractivity contribution is -0.129. The molecule has 140 valence electrons. The van der Waals surface area contributed by atoms with Crippen LogP contribution in [-0.4, -0.2) is 40.3 Å². The molecule has 1 aliphatic heterocycles. The molecule has 1 heterocycles. The number of benzene rings is 2. The van der Waals surface area contributed by atoms with Gasteiger partial charge in [-0.15, -0.1) is 0 Å². The lowest BCUT2D eigenvalue weighted by atomic mass is 10.1. The van der Waals surface area contributed by atoms with Crippen LogP contribution in [0.3, 0.4) is 0 Å². The van der Waals surface area contributed by atoms with Crippen LogP contribution in [-0.2, 0) is 9.53 Å². The lowest BCUT2D eigenvalue weighted by Gasteiger charge is -2.08. The van der Waals surface area contributed by atoms with Gasteiger partial charge < -0.3 is 23.7 Å². The number of esters is 1. The maximum atomic E-state index is 12.3. The third-order valence-corrected chi connectivity index (χ3v) is 3.99. The van der Waals surface area contributed by atoms with E-state index in [1.165, 1.54) is 7.11 Å². The van der Waals surface area contributed by atoms with Crippen molar-refractivity contribution >= 4 is 17.9 Å². The van der Waals surface area contributed by atoms with E-state index in [1.54, 1.807) is 63.8 Å². The van der Waals surface area contributed by atoms with Gasteiger partial charge in [0.2, 0.25) is 5.90 Å². The molecule has 0 saturated carbocycles. The Morgan fingerprint density at radius 3 is 2.19 bits per heavy atom. The monoisotopic (exact) mass is 369 g/mol. The summed E-state index contributed by atoms with van der Waals surface area (Å²) in [6.07, 6.45) is 1.60. The molecule has 0 bridgehead atoms. The van der Waals surface area contributed by atoms with Crippen molar-refractivity contribution in [2.75, 3.05) is 28.4 Å². The fourth-order valence-corrected chi connectivity index (χ4v) is 2.59. The average Bonchev–Trinajstić information content (AvgIpc) is 3.07. The van der Waals surface area contributed by atoms with Crippen LogP contribution in [0.25, 0.3) is 6.08 Å². The highest BCUT2D eigenvalue weighted by Gasteiger charge is 2.27. The molecule has 0 saturated heterocycles. The molecular formula is C20H19NO6. The van der Waals surface area contributed by atoms with Gasteiger partial charge in [-0.3, -0.25) is 0 Å². The minimum atomic E-state index is -0.562. The molecule has 27 heavy (non-hydrogen) atoms. The first-order valence-corrected chi connectivity index (χ1v) is 8.06. The standard InChI is InChI=1S/C20H19NO6/c1-23-13-7-8-17(25-3)15(10-13)19-21-16(20(22)27-19)9-12-5-6-14(24-2)11-18(12)26-4/h5-11H,1-4H3. The summed E-state index contributed by atoms with van der Waals surface area (Å²) >= 11 is 0. The molecule has 0 atom stereocenters. The predicted molar refractivity (Wildman–Crippen MR) is 99.7 cm³/mol. The zero-order valence-corrected chi connectivity index (χ0v) is 15.4. The maximum Gasteiger partial charge on any atom is 0.363 e. The predicted octanol–water partition coefficient (Wildman–Crippen LogP) is 3.07. The number of hydrogen-bond donors (Lipinski definition) is 0. The number of rotatable bonds is 6. The summed E-state index contributed by atoms with van der Waals surface area (Å²) < 4.78 is 26.4. The maximum absolute atomic E-state index is 12.3. The van der Waals surface area contributed by atoms with E-state index in [9.17, 15) is 4.79 Å². The second-order valence-corrected chi connectivity index (χ2v) is 5.51. The number of nitrogens with zero attached hydrogens (tertiary/aromatic N) is 1. The normalized spacial score (nSPS) is 14.6. The minimum Gasteiger partial charge on any atom is -0.497 e. The first-order chi connectivity index (χ1) is 13.1. The number of aliphatic imine (C=N–C) groups is 1. The van der Waals surface area contributed by atoms with Crippen LogP contribution >= 0.6 is 0 Å². The van der Waals surface area contributed by atoms with Crippen molar-refractivity contribution in [3.8, 4) is 23.0 Å². The molecule has 0 fully saturated rings. The zero-order chi connectivity index (χ0) is 19.4. The lowest BCUT2D eigenvalue weighted by Crippen LogP contribution is -2.07. The van der Waals surface area contributed by atoms with E-state index in [1.807, 2.05) is 0 Å². The van der Waals surface area contributed by atoms with E-state index in [0.29, 0.717) is 34.1 Å². The van der Waals surface area contributed by atoms with Gasteiger partial charge in [0.05, 0.1) is 34.0 Å². The second-order valence-electron chi connectivity index (χ2n) is 5.51. The summed E-state index contributed by atoms with van der Waals surface area (Å²) in [7, 11) is 6.19. The summed E-state index contributed by atoms with van der Waals surface area (Å²) in [4.78, 5) is 16.6. The molecule has 1 aliphatic rings. The number of hydrogen-bond acceptors (Lipinski definition) is 7. The number of carbonyl (C=O) groups is 1. The Morgan fingerprint density at radius 1 is 0.852 bits per heavy atom. The van der Waals surface area contributed by atoms with Gasteiger partial charge in [0.1, 0.15) is 23.0 Å². The van der Waals surface area contributed by atoms with E-state index >= 15 is 0 Å². The first-order valence-electron chi connectivity index (χ1n) is 8.06. The van der Waals surface area contributed by atoms with E-state index in [2.05, 4.69) is 4.99 Å². The Morgan fingerprint density at radius 2 is 1.52 bits per heavy atom. The van der Waals surface area contributed by atoms with E-state index in [4.69, 9.17) is 23.7 Å². The number of ether oxygens (including phenoxy) is 5. The van der Waals surface area contributed by atoms with Gasteiger partial charge in [-0.1, -0.05) is 0 Å². The molecule has 2 aromatic rings. The fraction of sp³-hybridized carbons (Fsp3) is 0.200. The van der Waals surface area contributed by atoms with Crippen LogP contribution in [0.2, 0.25) is 0 Å². The molecule has 0 unspecified atom stereocenters. The van der Waals surface area contributed by atoms with Gasteiger partial charge in [-0.2, -0.15) is 0 Å². The molecule has 0 amide bonds. The van der Waals surface area contributed by atoms with Crippen LogP contribution in [0.15, 0.2) is 47.1 Å². The van der Waals surface area contributed by atoms with E-state index < -0.39 is 5.97 Å². The van der Waals surface area contributed by atoms with Crippen LogP contribution in [0.4, 0.5) is 0 Å². The number of cyclic esters (lactones) is 1. The summed E-state index contributed by atoms with van der Waals surface area (Å²) in [6.45, 7) is 0. The molecule has 2 aromatic carbocycles. The van der Waals surface area contributed by atoms with Gasteiger partial charge in [-0.25, -0.2) is 9.79 Å². The quantitative estimate of drug-likeness (QED) is 0.575. The molecule has 3 rings (SSSR count). The van der Waals surface area contributed by atoms with E-state index in [-0.39, 0.29) is 11.6 Å². The molecule has 0 spiro atoms. The Kier molecular flexibility index (Phi) is 5.30. The molecule has 0 radical (unpaired) electrons. The van der Waals surface area contributed by atoms with Gasteiger partial charge in [-0.05, 0) is 36.4 Å². The summed E-state index contributed by atoms with van der Waals surface area (Å²) in [6, 6.07) is 10.4. The molecule has 7 nitrogen and oxygen atoms in total. The SMILES string of the molecule is COc1ccc(C=C2N=C(c3cc(OC)ccc3OC)OC2=O)c(OC)c1. The average molecular weight is 369 g/mol. The molecule has 0 aromatic heterocycles. The minimum absolute atomic E-state index is 0.148. The highest BCUT2D eigenvalue weighted by Crippen LogP contribution is 2.31. The van der Waals surface area contributed by atoms with Gasteiger partial charge in [0.25, 0.3) is 0 Å². The topological polar surface area (TPSA) is 75.6 Å². The van der Waals surface area contributed by atoms with Crippen LogP contribution in [0.1, 0.15) is 11.1 Å². The number of carbonyl (C=O) groups excluding carboxylic acids is 1. The second kappa shape index (κ2) is 7.82. The van der Waals surface area contributed by atoms with Crippen molar-refractivity contribution in [3.05, 3.63) is 53.2 Å². The molecular weight excluding hydrogens is 350 g/mol. The Balaban J connectivity index is 2.01. The Hall–Kier alpha value is -3.48. The van der Waals surface area contributed by atoms with Crippen molar-refractivity contribution in [1.82, 2.24) is 0 Å². The summed E-state index contributed by atoms with van der Waals surface area (Å²) in [5, 5.41) is 0. The van der Waals surface area contributed by atoms with E-state index in [0.717, 1.165) is 0 Å². The van der Waals surface area contributed by atoms with Crippen molar-refractivity contribution in [1.29, 1.82) is 0 Å². The smallest absolute Gasteiger partial charge is 0.363 e. The fourth-order valence-electron chi connectivity index (χ4n) is 2.59. The summed E-state index contributed by atoms with van der Waals surface area (Å²) in [5.74, 6) is 1.90. The van der Waals surface area contributed by atoms with Gasteiger partial charge in [0.15, 0.2) is 5.70 Å². The first kappa shape index (κ1) is 18.3. The Labute approximate surface area is 156 Å². The van der Waals surface area contributed by atoms with Crippen molar-refractivity contribution < 1.29 is 28.5 Å². The molecule has 7 heteroatoms. The largest absolute Gasteiger partial charge is 0.497 e. The molecule has 0 N–H and O–H groups in total. The van der Waals surface area contributed by atoms with Gasteiger partial charge >= 0.3 is 5.97 Å². The highest BCUT2D eigenvalue weighted by atomic mass is 16.6.